The van der Waals surface area contributed by atoms with Gasteiger partial charge >= 0.3 is 11.9 Å². The molecule has 0 bridgehead atoms. The molecule has 0 aliphatic rings. The van der Waals surface area contributed by atoms with E-state index in [-0.39, 0.29) is 11.1 Å². The average Bonchev–Trinajstić information content (AvgIpc) is 2.94. The standard InChI is InChI=1S/C24H38O4.C10H8/c1-3-5-7-9-11-13-15-20-16-17-21(23(25)26)22(19-20)24(27)28-18-14-12-10-8-6-4-2;1-2-6-10-8-4-3-7-9(10)5-1/h16-17,19H,3-15,18H2,1-2H3,(H,25,26);1-8H. The van der Waals surface area contributed by atoms with Crippen molar-refractivity contribution in [3.63, 3.8) is 0 Å². The fourth-order valence-corrected chi connectivity index (χ4v) is 4.47. The highest BCUT2D eigenvalue weighted by atomic mass is 16.5. The first kappa shape index (κ1) is 31.1. The molecule has 0 aliphatic heterocycles. The summed E-state index contributed by atoms with van der Waals surface area (Å²) in [5.41, 5.74) is 1.22. The first-order chi connectivity index (χ1) is 18.6. The van der Waals surface area contributed by atoms with Crippen LogP contribution in [0.5, 0.6) is 0 Å². The van der Waals surface area contributed by atoms with E-state index in [1.54, 1.807) is 6.07 Å². The van der Waals surface area contributed by atoms with E-state index in [9.17, 15) is 14.7 Å². The van der Waals surface area contributed by atoms with Crippen molar-refractivity contribution >= 4 is 22.7 Å². The second-order valence-electron chi connectivity index (χ2n) is 9.95. The van der Waals surface area contributed by atoms with Crippen molar-refractivity contribution in [3.8, 4) is 0 Å². The zero-order valence-corrected chi connectivity index (χ0v) is 23.4. The summed E-state index contributed by atoms with van der Waals surface area (Å²) in [6.07, 6.45) is 14.8. The van der Waals surface area contributed by atoms with E-state index in [0.29, 0.717) is 6.61 Å². The van der Waals surface area contributed by atoms with Crippen LogP contribution in [-0.2, 0) is 11.2 Å². The Morgan fingerprint density at radius 2 is 1.13 bits per heavy atom. The Balaban J connectivity index is 0.000000415. The van der Waals surface area contributed by atoms with E-state index in [2.05, 4.69) is 62.4 Å². The van der Waals surface area contributed by atoms with Gasteiger partial charge in [0.1, 0.15) is 0 Å². The molecule has 0 spiro atoms. The van der Waals surface area contributed by atoms with Gasteiger partial charge in [0.15, 0.2) is 0 Å². The van der Waals surface area contributed by atoms with Gasteiger partial charge in [0.05, 0.1) is 17.7 Å². The van der Waals surface area contributed by atoms with Crippen molar-refractivity contribution in [2.75, 3.05) is 6.61 Å². The van der Waals surface area contributed by atoms with Crippen LogP contribution in [0.3, 0.4) is 0 Å². The van der Waals surface area contributed by atoms with Gasteiger partial charge in [-0.3, -0.25) is 0 Å². The lowest BCUT2D eigenvalue weighted by Gasteiger charge is -2.10. The van der Waals surface area contributed by atoms with Crippen molar-refractivity contribution in [2.45, 2.75) is 97.3 Å². The molecule has 4 heteroatoms. The summed E-state index contributed by atoms with van der Waals surface area (Å²) in [5, 5.41) is 12.0. The number of hydrogen-bond donors (Lipinski definition) is 1. The molecule has 1 N–H and O–H groups in total. The number of hydrogen-bond acceptors (Lipinski definition) is 3. The first-order valence-corrected chi connectivity index (χ1v) is 14.5. The molecule has 0 atom stereocenters. The molecule has 0 amide bonds. The highest BCUT2D eigenvalue weighted by molar-refractivity contribution is 6.02. The van der Waals surface area contributed by atoms with Crippen LogP contribution in [0.4, 0.5) is 0 Å². The molecule has 0 fully saturated rings. The van der Waals surface area contributed by atoms with Gasteiger partial charge in [0.2, 0.25) is 0 Å². The first-order valence-electron chi connectivity index (χ1n) is 14.5. The molecule has 3 aromatic carbocycles. The predicted molar refractivity (Wildman–Crippen MR) is 158 cm³/mol. The average molecular weight is 519 g/mol. The predicted octanol–water partition coefficient (Wildman–Crippen LogP) is 9.64. The molecule has 0 unspecified atom stereocenters. The monoisotopic (exact) mass is 518 g/mol. The van der Waals surface area contributed by atoms with E-state index in [1.807, 2.05) is 6.07 Å². The van der Waals surface area contributed by atoms with Gasteiger partial charge in [0.25, 0.3) is 0 Å². The quantitative estimate of drug-likeness (QED) is 0.151. The van der Waals surface area contributed by atoms with E-state index in [0.717, 1.165) is 37.7 Å². The number of aryl methyl sites for hydroxylation is 1. The van der Waals surface area contributed by atoms with Gasteiger partial charge in [-0.2, -0.15) is 0 Å². The van der Waals surface area contributed by atoms with Gasteiger partial charge < -0.3 is 9.84 Å². The summed E-state index contributed by atoms with van der Waals surface area (Å²) < 4.78 is 5.35. The summed E-state index contributed by atoms with van der Waals surface area (Å²) in [7, 11) is 0. The van der Waals surface area contributed by atoms with Gasteiger partial charge in [-0.15, -0.1) is 0 Å². The number of unbranched alkanes of at least 4 members (excludes halogenated alkanes) is 10. The summed E-state index contributed by atoms with van der Waals surface area (Å²) in [6, 6.07) is 21.8. The van der Waals surface area contributed by atoms with Crippen LogP contribution in [0, 0.1) is 0 Å². The Labute approximate surface area is 229 Å². The second kappa shape index (κ2) is 19.0. The molecule has 3 rings (SSSR count). The Bertz CT molecular complexity index is 1020. The number of ether oxygens (including phenoxy) is 1. The number of carboxylic acids is 1. The summed E-state index contributed by atoms with van der Waals surface area (Å²) in [5.74, 6) is -1.60. The normalized spacial score (nSPS) is 10.6. The third kappa shape index (κ3) is 11.9. The lowest BCUT2D eigenvalue weighted by atomic mass is 9.99. The summed E-state index contributed by atoms with van der Waals surface area (Å²) in [6.45, 7) is 4.74. The van der Waals surface area contributed by atoms with Crippen LogP contribution in [0.25, 0.3) is 10.8 Å². The van der Waals surface area contributed by atoms with Crippen molar-refractivity contribution in [3.05, 3.63) is 83.4 Å². The molecule has 0 heterocycles. The Morgan fingerprint density at radius 3 is 1.66 bits per heavy atom. The second-order valence-corrected chi connectivity index (χ2v) is 9.95. The minimum atomic E-state index is -1.09. The van der Waals surface area contributed by atoms with Crippen LogP contribution >= 0.6 is 0 Å². The largest absolute Gasteiger partial charge is 0.478 e. The minimum Gasteiger partial charge on any atom is -0.478 e. The van der Waals surface area contributed by atoms with E-state index < -0.39 is 11.9 Å². The molecule has 38 heavy (non-hydrogen) atoms. The number of fused-ring (bicyclic) bond motifs is 1. The molecule has 0 saturated carbocycles. The molecule has 0 aliphatic carbocycles. The SMILES string of the molecule is CCCCCCCCOC(=O)c1cc(CCCCCCCC)ccc1C(=O)O.c1ccc2ccccc2c1. The Kier molecular flexibility index (Phi) is 15.5. The molecule has 0 saturated heterocycles. The van der Waals surface area contributed by atoms with E-state index in [1.165, 1.54) is 68.2 Å². The number of benzene rings is 3. The zero-order valence-electron chi connectivity index (χ0n) is 23.4. The number of aromatic carboxylic acids is 1. The topological polar surface area (TPSA) is 63.6 Å². The van der Waals surface area contributed by atoms with Crippen LogP contribution in [0.15, 0.2) is 66.7 Å². The van der Waals surface area contributed by atoms with Gasteiger partial charge in [-0.1, -0.05) is 133 Å². The molecular formula is C34H46O4. The van der Waals surface area contributed by atoms with Crippen molar-refractivity contribution in [1.29, 1.82) is 0 Å². The van der Waals surface area contributed by atoms with Crippen LogP contribution < -0.4 is 0 Å². The van der Waals surface area contributed by atoms with Crippen LogP contribution in [0.1, 0.15) is 117 Å². The van der Waals surface area contributed by atoms with Crippen molar-refractivity contribution in [1.82, 2.24) is 0 Å². The Hall–Kier alpha value is -3.14. The van der Waals surface area contributed by atoms with Gasteiger partial charge in [-0.05, 0) is 47.7 Å². The number of carbonyl (C=O) groups is 2. The van der Waals surface area contributed by atoms with Crippen molar-refractivity contribution in [2.24, 2.45) is 0 Å². The Morgan fingerprint density at radius 1 is 0.632 bits per heavy atom. The maximum absolute atomic E-state index is 12.4. The maximum Gasteiger partial charge on any atom is 0.339 e. The van der Waals surface area contributed by atoms with Gasteiger partial charge in [-0.25, -0.2) is 9.59 Å². The highest BCUT2D eigenvalue weighted by Crippen LogP contribution is 2.17. The zero-order chi connectivity index (χ0) is 27.4. The fourth-order valence-electron chi connectivity index (χ4n) is 4.47. The fraction of sp³-hybridized carbons (Fsp3) is 0.471. The molecule has 0 aromatic heterocycles. The maximum atomic E-state index is 12.4. The number of carboxylic acid groups (broad SMARTS) is 1. The third-order valence-corrected chi connectivity index (χ3v) is 6.74. The lowest BCUT2D eigenvalue weighted by Crippen LogP contribution is -2.13. The van der Waals surface area contributed by atoms with Gasteiger partial charge in [0, 0.05) is 0 Å². The summed E-state index contributed by atoms with van der Waals surface area (Å²) in [4.78, 5) is 23.9. The van der Waals surface area contributed by atoms with Crippen LogP contribution in [-0.4, -0.2) is 23.7 Å². The molecule has 0 radical (unpaired) electrons. The van der Waals surface area contributed by atoms with Crippen LogP contribution in [0.2, 0.25) is 0 Å². The highest BCUT2D eigenvalue weighted by Gasteiger charge is 2.18. The number of carbonyl (C=O) groups excluding carboxylic acids is 1. The smallest absolute Gasteiger partial charge is 0.339 e. The molecule has 3 aromatic rings. The number of rotatable bonds is 16. The lowest BCUT2D eigenvalue weighted by molar-refractivity contribution is 0.0487. The minimum absolute atomic E-state index is 0.0274. The van der Waals surface area contributed by atoms with Crippen molar-refractivity contribution < 1.29 is 19.4 Å². The molecule has 206 valence electrons. The van der Waals surface area contributed by atoms with E-state index >= 15 is 0 Å². The number of esters is 1. The molecular weight excluding hydrogens is 472 g/mol. The third-order valence-electron chi connectivity index (χ3n) is 6.74. The summed E-state index contributed by atoms with van der Waals surface area (Å²) >= 11 is 0. The van der Waals surface area contributed by atoms with E-state index in [4.69, 9.17) is 4.74 Å². The molecule has 4 nitrogen and oxygen atoms in total.